The Balaban J connectivity index is 0.00000210. The Kier molecular flexibility index (Phi) is 5.80. The van der Waals surface area contributed by atoms with Gasteiger partial charge in [-0.05, 0) is 24.3 Å². The third-order valence-electron chi connectivity index (χ3n) is 4.07. The minimum absolute atomic E-state index is 0. The molecule has 1 aliphatic heterocycles. The van der Waals surface area contributed by atoms with E-state index in [0.717, 1.165) is 5.56 Å². The van der Waals surface area contributed by atoms with E-state index < -0.39 is 6.17 Å². The highest BCUT2D eigenvalue weighted by molar-refractivity contribution is 6.36. The van der Waals surface area contributed by atoms with Crippen LogP contribution in [0.1, 0.15) is 17.3 Å². The predicted octanol–water partition coefficient (Wildman–Crippen LogP) is 4.14. The van der Waals surface area contributed by atoms with Gasteiger partial charge in [0.15, 0.2) is 12.4 Å². The average Bonchev–Trinajstić information content (AvgIpc) is 2.79. The molecule has 27 heavy (non-hydrogen) atoms. The second-order valence-corrected chi connectivity index (χ2v) is 6.61. The highest BCUT2D eigenvalue weighted by Crippen LogP contribution is 2.31. The first-order valence-electron chi connectivity index (χ1n) is 7.97. The maximum absolute atomic E-state index is 12.8. The summed E-state index contributed by atoms with van der Waals surface area (Å²) in [4.78, 5) is 9.00. The molecule has 0 fully saturated rings. The van der Waals surface area contributed by atoms with Crippen LogP contribution >= 0.6 is 35.6 Å². The van der Waals surface area contributed by atoms with Gasteiger partial charge in [0.05, 0.1) is 17.3 Å². The zero-order valence-electron chi connectivity index (χ0n) is 13.9. The van der Waals surface area contributed by atoms with Crippen molar-refractivity contribution in [1.82, 2.24) is 0 Å². The van der Waals surface area contributed by atoms with E-state index in [2.05, 4.69) is 4.99 Å². The molecule has 0 amide bonds. The third-order valence-corrected chi connectivity index (χ3v) is 4.63. The smallest absolute Gasteiger partial charge is 0.280 e. The van der Waals surface area contributed by atoms with Crippen LogP contribution in [0, 0.1) is 0 Å². The largest absolute Gasteiger partial charge is 0.856 e. The maximum atomic E-state index is 12.8. The first-order valence-corrected chi connectivity index (χ1v) is 8.73. The number of aliphatic imine (C=N–C) groups is 2. The Morgan fingerprint density at radius 2 is 1.63 bits per heavy atom. The topological polar surface area (TPSA) is 51.7 Å². The fourth-order valence-corrected chi connectivity index (χ4v) is 3.25. The van der Waals surface area contributed by atoms with Crippen molar-refractivity contribution in [3.8, 4) is 0 Å². The first kappa shape index (κ1) is 19.4. The van der Waals surface area contributed by atoms with E-state index in [1.807, 2.05) is 36.4 Å². The number of benzene rings is 2. The fraction of sp³-hybridized carbons (Fsp3) is 0.0500. The lowest BCUT2D eigenvalue weighted by atomic mass is 10.0. The van der Waals surface area contributed by atoms with Gasteiger partial charge in [-0.2, -0.15) is 4.57 Å². The van der Waals surface area contributed by atoms with E-state index in [9.17, 15) is 5.11 Å². The molecule has 1 unspecified atom stereocenters. The van der Waals surface area contributed by atoms with Gasteiger partial charge in [0.25, 0.3) is 6.17 Å². The molecule has 0 spiro atoms. The third kappa shape index (κ3) is 3.83. The number of rotatable bonds is 2. The SMILES string of the molecule is Cl.[O-]C1=Nc2ccc(Cl)cc2C(c2ccccc2Cl)=NC1[n+]1ccccc1. The second-order valence-electron chi connectivity index (χ2n) is 5.77. The summed E-state index contributed by atoms with van der Waals surface area (Å²) >= 11 is 12.6. The molecule has 3 aromatic rings. The molecule has 0 bridgehead atoms. The Bertz CT molecular complexity index is 1040. The van der Waals surface area contributed by atoms with E-state index in [-0.39, 0.29) is 18.3 Å². The van der Waals surface area contributed by atoms with Gasteiger partial charge in [-0.25, -0.2) is 4.99 Å². The number of hydrogen-bond acceptors (Lipinski definition) is 3. The van der Waals surface area contributed by atoms with Gasteiger partial charge in [0, 0.05) is 33.3 Å². The summed E-state index contributed by atoms with van der Waals surface area (Å²) in [6.45, 7) is 0. The fourth-order valence-electron chi connectivity index (χ4n) is 2.86. The van der Waals surface area contributed by atoms with E-state index >= 15 is 0 Å². The van der Waals surface area contributed by atoms with Crippen LogP contribution in [0.25, 0.3) is 0 Å². The summed E-state index contributed by atoms with van der Waals surface area (Å²) in [5.41, 5.74) is 2.52. The molecule has 0 aliphatic carbocycles. The van der Waals surface area contributed by atoms with Crippen molar-refractivity contribution in [3.05, 3.63) is 94.2 Å². The van der Waals surface area contributed by atoms with Crippen LogP contribution in [0.4, 0.5) is 5.69 Å². The Morgan fingerprint density at radius 1 is 0.889 bits per heavy atom. The van der Waals surface area contributed by atoms with Crippen molar-refractivity contribution in [2.75, 3.05) is 0 Å². The summed E-state index contributed by atoms with van der Waals surface area (Å²) in [6.07, 6.45) is 2.76. The number of hydrogen-bond donors (Lipinski definition) is 0. The summed E-state index contributed by atoms with van der Waals surface area (Å²) in [5.74, 6) is -0.355. The molecule has 2 heterocycles. The lowest BCUT2D eigenvalue weighted by Crippen LogP contribution is -2.46. The van der Waals surface area contributed by atoms with Gasteiger partial charge < -0.3 is 5.11 Å². The normalized spacial score (nSPS) is 15.7. The van der Waals surface area contributed by atoms with Crippen molar-refractivity contribution in [2.24, 2.45) is 9.98 Å². The number of halogens is 3. The van der Waals surface area contributed by atoms with Gasteiger partial charge in [-0.15, -0.1) is 12.4 Å². The van der Waals surface area contributed by atoms with E-state index in [1.54, 1.807) is 41.2 Å². The summed E-state index contributed by atoms with van der Waals surface area (Å²) in [5, 5.41) is 13.8. The number of aromatic nitrogens is 1. The molecular formula is C20H14Cl3N3O. The van der Waals surface area contributed by atoms with Crippen LogP contribution in [-0.2, 0) is 0 Å². The van der Waals surface area contributed by atoms with Gasteiger partial charge >= 0.3 is 0 Å². The van der Waals surface area contributed by atoms with Gasteiger partial charge in [0.1, 0.15) is 0 Å². The summed E-state index contributed by atoms with van der Waals surface area (Å²) in [6, 6.07) is 18.1. The predicted molar refractivity (Wildman–Crippen MR) is 109 cm³/mol. The molecule has 1 atom stereocenters. The lowest BCUT2D eigenvalue weighted by molar-refractivity contribution is -0.710. The lowest BCUT2D eigenvalue weighted by Gasteiger charge is -2.14. The Labute approximate surface area is 172 Å². The van der Waals surface area contributed by atoms with E-state index in [1.165, 1.54) is 0 Å². The minimum atomic E-state index is -0.811. The van der Waals surface area contributed by atoms with Crippen LogP contribution in [0.5, 0.6) is 0 Å². The zero-order valence-corrected chi connectivity index (χ0v) is 16.2. The van der Waals surface area contributed by atoms with Crippen LogP contribution < -0.4 is 9.67 Å². The Morgan fingerprint density at radius 3 is 2.37 bits per heavy atom. The molecule has 7 heteroatoms. The molecule has 1 aromatic heterocycles. The van der Waals surface area contributed by atoms with Crippen molar-refractivity contribution < 1.29 is 9.67 Å². The van der Waals surface area contributed by atoms with Crippen molar-refractivity contribution in [3.63, 3.8) is 0 Å². The monoisotopic (exact) mass is 417 g/mol. The molecule has 2 aromatic carbocycles. The van der Waals surface area contributed by atoms with Crippen LogP contribution in [0.2, 0.25) is 10.0 Å². The van der Waals surface area contributed by atoms with Crippen molar-refractivity contribution >= 4 is 52.9 Å². The highest BCUT2D eigenvalue weighted by atomic mass is 35.5. The van der Waals surface area contributed by atoms with Crippen LogP contribution in [0.15, 0.2) is 83.0 Å². The van der Waals surface area contributed by atoms with Crippen molar-refractivity contribution in [2.45, 2.75) is 6.17 Å². The van der Waals surface area contributed by atoms with E-state index in [4.69, 9.17) is 28.2 Å². The van der Waals surface area contributed by atoms with E-state index in [0.29, 0.717) is 27.0 Å². The maximum Gasteiger partial charge on any atom is 0.280 e. The molecule has 0 N–H and O–H groups in total. The minimum Gasteiger partial charge on any atom is -0.856 e. The molecule has 1 aliphatic rings. The molecule has 4 rings (SSSR count). The summed E-state index contributed by atoms with van der Waals surface area (Å²) in [7, 11) is 0. The standard InChI is InChI=1S/C20H13Cl2N3O.ClH/c21-13-8-9-17-15(12-13)18(14-6-2-3-7-16(14)22)24-19(20(26)23-17)25-10-4-1-5-11-25;/h1-12,19H;1H. The molecular weight excluding hydrogens is 405 g/mol. The average molecular weight is 419 g/mol. The molecule has 4 nitrogen and oxygen atoms in total. The molecule has 0 radical (unpaired) electrons. The van der Waals surface area contributed by atoms with Gasteiger partial charge in [-0.3, -0.25) is 4.99 Å². The van der Waals surface area contributed by atoms with Gasteiger partial charge in [-0.1, -0.05) is 47.5 Å². The van der Waals surface area contributed by atoms with Crippen LogP contribution in [0.3, 0.4) is 0 Å². The number of fused-ring (bicyclic) bond motifs is 1. The molecule has 0 saturated heterocycles. The molecule has 136 valence electrons. The number of nitrogens with zero attached hydrogens (tertiary/aromatic N) is 3. The molecule has 0 saturated carbocycles. The Hall–Kier alpha value is -2.40. The van der Waals surface area contributed by atoms with Crippen molar-refractivity contribution in [1.29, 1.82) is 0 Å². The first-order chi connectivity index (χ1) is 12.6. The quantitative estimate of drug-likeness (QED) is 0.577. The van der Waals surface area contributed by atoms with Gasteiger partial charge in [0.2, 0.25) is 0 Å². The second kappa shape index (κ2) is 8.09. The highest BCUT2D eigenvalue weighted by Gasteiger charge is 2.25. The van der Waals surface area contributed by atoms with Crippen LogP contribution in [-0.4, -0.2) is 11.6 Å². The summed E-state index contributed by atoms with van der Waals surface area (Å²) < 4.78 is 1.72. The number of pyridine rings is 1. The zero-order chi connectivity index (χ0) is 18.1.